The van der Waals surface area contributed by atoms with Crippen molar-refractivity contribution in [3.05, 3.63) is 46.7 Å². The van der Waals surface area contributed by atoms with Gasteiger partial charge in [-0.3, -0.25) is 4.79 Å². The van der Waals surface area contributed by atoms with Gasteiger partial charge in [-0.15, -0.1) is 11.3 Å². The van der Waals surface area contributed by atoms with E-state index in [0.29, 0.717) is 11.7 Å². The van der Waals surface area contributed by atoms with Crippen LogP contribution in [0.25, 0.3) is 11.0 Å². The van der Waals surface area contributed by atoms with E-state index >= 15 is 0 Å². The second-order valence-corrected chi connectivity index (χ2v) is 5.97. The number of nitrogens with zero attached hydrogens (tertiary/aromatic N) is 4. The number of para-hydroxylation sites is 2. The van der Waals surface area contributed by atoms with Crippen molar-refractivity contribution >= 4 is 28.3 Å². The van der Waals surface area contributed by atoms with E-state index in [1.54, 1.807) is 10.9 Å². The third-order valence-corrected chi connectivity index (χ3v) is 4.52. The molecule has 106 valence electrons. The lowest BCUT2D eigenvalue weighted by molar-refractivity contribution is 0.0518. The first-order valence-electron chi connectivity index (χ1n) is 6.85. The molecular weight excluding hydrogens is 284 g/mol. The van der Waals surface area contributed by atoms with Gasteiger partial charge >= 0.3 is 0 Å². The van der Waals surface area contributed by atoms with Crippen LogP contribution in [-0.2, 0) is 0 Å². The fraction of sp³-hybridized carbons (Fsp3) is 0.267. The summed E-state index contributed by atoms with van der Waals surface area (Å²) in [6.07, 6.45) is 0. The Morgan fingerprint density at radius 1 is 1.33 bits per heavy atom. The summed E-state index contributed by atoms with van der Waals surface area (Å²) in [5.41, 5.74) is 4.39. The lowest BCUT2D eigenvalue weighted by Crippen LogP contribution is -2.51. The fourth-order valence-electron chi connectivity index (χ4n) is 2.89. The van der Waals surface area contributed by atoms with Crippen molar-refractivity contribution in [1.82, 2.24) is 19.4 Å². The molecule has 0 unspecified atom stereocenters. The Morgan fingerprint density at radius 3 is 2.90 bits per heavy atom. The summed E-state index contributed by atoms with van der Waals surface area (Å²) in [5, 5.41) is 1.80. The van der Waals surface area contributed by atoms with Crippen LogP contribution in [-0.4, -0.2) is 38.4 Å². The number of carbonyl (C=O) groups excluding carboxylic acids is 1. The van der Waals surface area contributed by atoms with E-state index in [2.05, 4.69) is 20.6 Å². The Balaban J connectivity index is 1.57. The van der Waals surface area contributed by atoms with Crippen LogP contribution in [0.4, 0.5) is 0 Å². The number of fused-ring (bicyclic) bond motifs is 1. The van der Waals surface area contributed by atoms with Crippen molar-refractivity contribution in [3.63, 3.8) is 0 Å². The molecule has 0 bridgehead atoms. The summed E-state index contributed by atoms with van der Waals surface area (Å²) in [5.74, 6) is 1.02. The molecule has 21 heavy (non-hydrogen) atoms. The average molecular weight is 298 g/mol. The molecule has 0 aliphatic carbocycles. The quantitative estimate of drug-likeness (QED) is 0.730. The highest BCUT2D eigenvalue weighted by molar-refractivity contribution is 7.07. The predicted octanol–water partition coefficient (Wildman–Crippen LogP) is 2.50. The molecule has 4 rings (SSSR count). The zero-order valence-corrected chi connectivity index (χ0v) is 12.4. The van der Waals surface area contributed by atoms with Crippen LogP contribution in [0.1, 0.15) is 22.4 Å². The Labute approximate surface area is 125 Å². The minimum atomic E-state index is 0.0228. The molecule has 1 amide bonds. The van der Waals surface area contributed by atoms with Crippen LogP contribution < -0.4 is 0 Å². The van der Waals surface area contributed by atoms with E-state index in [4.69, 9.17) is 0 Å². The number of hydrogen-bond donors (Lipinski definition) is 0. The van der Waals surface area contributed by atoms with Crippen molar-refractivity contribution in [2.24, 2.45) is 0 Å². The largest absolute Gasteiger partial charge is 0.333 e. The van der Waals surface area contributed by atoms with Crippen LogP contribution in [0.2, 0.25) is 0 Å². The summed E-state index contributed by atoms with van der Waals surface area (Å²) in [4.78, 5) is 22.7. The zero-order valence-electron chi connectivity index (χ0n) is 11.6. The average Bonchev–Trinajstić information content (AvgIpc) is 3.05. The maximum absolute atomic E-state index is 12.2. The zero-order chi connectivity index (χ0) is 14.4. The SMILES string of the molecule is Cc1nc2ccccc2n1C1CN(C(=O)c2cscn2)C1. The summed E-state index contributed by atoms with van der Waals surface area (Å²) in [7, 11) is 0. The monoisotopic (exact) mass is 298 g/mol. The maximum Gasteiger partial charge on any atom is 0.273 e. The number of hydrogen-bond acceptors (Lipinski definition) is 4. The Kier molecular flexibility index (Phi) is 2.78. The van der Waals surface area contributed by atoms with E-state index < -0.39 is 0 Å². The molecule has 0 saturated carbocycles. The standard InChI is InChI=1S/C15H14N4OS/c1-10-17-12-4-2-3-5-14(12)19(10)11-6-18(7-11)15(20)13-8-21-9-16-13/h2-5,8-9,11H,6-7H2,1H3. The van der Waals surface area contributed by atoms with Gasteiger partial charge in [0.1, 0.15) is 11.5 Å². The van der Waals surface area contributed by atoms with Gasteiger partial charge in [0.15, 0.2) is 0 Å². The second-order valence-electron chi connectivity index (χ2n) is 5.26. The number of amides is 1. The van der Waals surface area contributed by atoms with Gasteiger partial charge in [0.2, 0.25) is 0 Å². The highest BCUT2D eigenvalue weighted by Gasteiger charge is 2.34. The van der Waals surface area contributed by atoms with E-state index in [0.717, 1.165) is 29.9 Å². The van der Waals surface area contributed by atoms with Crippen molar-refractivity contribution in [2.75, 3.05) is 13.1 Å². The number of carbonyl (C=O) groups is 1. The fourth-order valence-corrected chi connectivity index (χ4v) is 3.42. The lowest BCUT2D eigenvalue weighted by atomic mass is 10.1. The molecule has 5 nitrogen and oxygen atoms in total. The van der Waals surface area contributed by atoms with Crippen molar-refractivity contribution < 1.29 is 4.79 Å². The number of likely N-dealkylation sites (tertiary alicyclic amines) is 1. The molecular formula is C15H14N4OS. The van der Waals surface area contributed by atoms with Crippen LogP contribution in [0.3, 0.4) is 0 Å². The third kappa shape index (κ3) is 1.94. The molecule has 2 aromatic heterocycles. The molecule has 3 aromatic rings. The molecule has 0 N–H and O–H groups in total. The van der Waals surface area contributed by atoms with Crippen LogP contribution in [0, 0.1) is 6.92 Å². The number of imidazole rings is 1. The maximum atomic E-state index is 12.2. The smallest absolute Gasteiger partial charge is 0.273 e. The molecule has 3 heterocycles. The number of aromatic nitrogens is 3. The summed E-state index contributed by atoms with van der Waals surface area (Å²) >= 11 is 1.45. The van der Waals surface area contributed by atoms with Crippen molar-refractivity contribution in [3.8, 4) is 0 Å². The first-order valence-corrected chi connectivity index (χ1v) is 7.79. The van der Waals surface area contributed by atoms with E-state index in [1.807, 2.05) is 30.0 Å². The van der Waals surface area contributed by atoms with Crippen LogP contribution in [0.15, 0.2) is 35.2 Å². The van der Waals surface area contributed by atoms with E-state index in [1.165, 1.54) is 11.3 Å². The van der Waals surface area contributed by atoms with Crippen molar-refractivity contribution in [2.45, 2.75) is 13.0 Å². The Hall–Kier alpha value is -2.21. The normalized spacial score (nSPS) is 15.4. The van der Waals surface area contributed by atoms with Gasteiger partial charge < -0.3 is 9.47 Å². The molecule has 0 atom stereocenters. The number of aryl methyl sites for hydroxylation is 1. The van der Waals surface area contributed by atoms with Crippen molar-refractivity contribution in [1.29, 1.82) is 0 Å². The molecule has 0 radical (unpaired) electrons. The Bertz CT molecular complexity index is 802. The third-order valence-electron chi connectivity index (χ3n) is 3.94. The molecule has 1 aliphatic rings. The molecule has 6 heteroatoms. The topological polar surface area (TPSA) is 51.0 Å². The van der Waals surface area contributed by atoms with Crippen LogP contribution >= 0.6 is 11.3 Å². The first kappa shape index (κ1) is 12.5. The van der Waals surface area contributed by atoms with Gasteiger partial charge in [-0.25, -0.2) is 9.97 Å². The summed E-state index contributed by atoms with van der Waals surface area (Å²) in [6, 6.07) is 8.44. The minimum Gasteiger partial charge on any atom is -0.333 e. The second kappa shape index (κ2) is 4.66. The Morgan fingerprint density at radius 2 is 2.14 bits per heavy atom. The van der Waals surface area contributed by atoms with Gasteiger partial charge in [0.05, 0.1) is 22.6 Å². The molecule has 1 saturated heterocycles. The van der Waals surface area contributed by atoms with Crippen LogP contribution in [0.5, 0.6) is 0 Å². The number of rotatable bonds is 2. The molecule has 0 spiro atoms. The molecule has 1 aliphatic heterocycles. The van der Waals surface area contributed by atoms with Gasteiger partial charge in [0.25, 0.3) is 5.91 Å². The van der Waals surface area contributed by atoms with Gasteiger partial charge in [0, 0.05) is 18.5 Å². The predicted molar refractivity (Wildman–Crippen MR) is 81.5 cm³/mol. The summed E-state index contributed by atoms with van der Waals surface area (Å²) < 4.78 is 2.24. The van der Waals surface area contributed by atoms with Gasteiger partial charge in [-0.05, 0) is 19.1 Å². The van der Waals surface area contributed by atoms with Gasteiger partial charge in [-0.2, -0.15) is 0 Å². The van der Waals surface area contributed by atoms with E-state index in [9.17, 15) is 4.79 Å². The van der Waals surface area contributed by atoms with E-state index in [-0.39, 0.29) is 5.91 Å². The lowest BCUT2D eigenvalue weighted by Gasteiger charge is -2.40. The first-order chi connectivity index (χ1) is 10.2. The number of thiazole rings is 1. The number of benzene rings is 1. The molecule has 1 fully saturated rings. The highest BCUT2D eigenvalue weighted by Crippen LogP contribution is 2.28. The van der Waals surface area contributed by atoms with Gasteiger partial charge in [-0.1, -0.05) is 12.1 Å². The summed E-state index contributed by atoms with van der Waals surface area (Å²) in [6.45, 7) is 3.46. The molecule has 1 aromatic carbocycles. The highest BCUT2D eigenvalue weighted by atomic mass is 32.1. The minimum absolute atomic E-state index is 0.0228.